The molecule has 6 nitrogen and oxygen atoms in total. The highest BCUT2D eigenvalue weighted by atomic mass is 32.1. The quantitative estimate of drug-likeness (QED) is 0.676. The van der Waals surface area contributed by atoms with Crippen LogP contribution in [-0.4, -0.2) is 23.4 Å². The van der Waals surface area contributed by atoms with E-state index in [0.717, 1.165) is 16.9 Å². The predicted molar refractivity (Wildman–Crippen MR) is 109 cm³/mol. The normalized spacial score (nSPS) is 15.2. The van der Waals surface area contributed by atoms with Gasteiger partial charge < -0.3 is 10.1 Å². The van der Waals surface area contributed by atoms with E-state index in [1.807, 2.05) is 23.6 Å². The Labute approximate surface area is 170 Å². The fourth-order valence-electron chi connectivity index (χ4n) is 3.18. The first-order chi connectivity index (χ1) is 14.0. The molecule has 3 aromatic rings. The molecule has 2 amide bonds. The molecule has 0 aliphatic carbocycles. The highest BCUT2D eigenvalue weighted by Crippen LogP contribution is 2.36. The third-order valence-electron chi connectivity index (χ3n) is 4.55. The van der Waals surface area contributed by atoms with Gasteiger partial charge in [-0.05, 0) is 42.5 Å². The molecule has 2 heterocycles. The van der Waals surface area contributed by atoms with E-state index in [4.69, 9.17) is 4.74 Å². The molecule has 0 bridgehead atoms. The second-order valence-corrected chi connectivity index (χ2v) is 7.50. The Morgan fingerprint density at radius 1 is 1.21 bits per heavy atom. The Kier molecular flexibility index (Phi) is 5.26. The van der Waals surface area contributed by atoms with Gasteiger partial charge in [0.05, 0.1) is 18.3 Å². The van der Waals surface area contributed by atoms with Crippen molar-refractivity contribution in [3.8, 4) is 17.0 Å². The summed E-state index contributed by atoms with van der Waals surface area (Å²) in [5.74, 6) is -0.0889. The Morgan fingerprint density at radius 3 is 2.76 bits per heavy atom. The summed E-state index contributed by atoms with van der Waals surface area (Å²) < 4.78 is 18.7. The van der Waals surface area contributed by atoms with E-state index >= 15 is 0 Å². The largest absolute Gasteiger partial charge is 0.493 e. The number of fused-ring (bicyclic) bond motifs is 1. The summed E-state index contributed by atoms with van der Waals surface area (Å²) in [6.07, 6.45) is 0.700. The summed E-state index contributed by atoms with van der Waals surface area (Å²) >= 11 is 1.30. The van der Waals surface area contributed by atoms with Crippen molar-refractivity contribution in [3.63, 3.8) is 0 Å². The number of amides is 2. The highest BCUT2D eigenvalue weighted by Gasteiger charge is 2.23. The van der Waals surface area contributed by atoms with Crippen molar-refractivity contribution in [1.82, 2.24) is 10.3 Å². The van der Waals surface area contributed by atoms with Crippen molar-refractivity contribution in [2.75, 3.05) is 11.9 Å². The molecule has 4 rings (SSSR count). The van der Waals surface area contributed by atoms with Gasteiger partial charge in [0, 0.05) is 35.4 Å². The van der Waals surface area contributed by atoms with Crippen LogP contribution in [-0.2, 0) is 4.79 Å². The lowest BCUT2D eigenvalue weighted by atomic mass is 9.97. The summed E-state index contributed by atoms with van der Waals surface area (Å²) in [6, 6.07) is 10.9. The van der Waals surface area contributed by atoms with Crippen LogP contribution < -0.4 is 15.4 Å². The minimum absolute atomic E-state index is 0.0901. The second-order valence-electron chi connectivity index (χ2n) is 6.64. The molecule has 29 heavy (non-hydrogen) atoms. The molecular formula is C21H18FN3O3S. The van der Waals surface area contributed by atoms with Gasteiger partial charge in [0.2, 0.25) is 5.91 Å². The summed E-state index contributed by atoms with van der Waals surface area (Å²) in [6.45, 7) is 2.04. The number of aromatic nitrogens is 1. The van der Waals surface area contributed by atoms with E-state index < -0.39 is 5.82 Å². The number of thiazole rings is 1. The second kappa shape index (κ2) is 8.00. The molecule has 1 aliphatic rings. The van der Waals surface area contributed by atoms with Gasteiger partial charge in [-0.25, -0.2) is 9.37 Å². The molecule has 1 aliphatic heterocycles. The number of ether oxygens (including phenoxy) is 1. The van der Waals surface area contributed by atoms with E-state index in [0.29, 0.717) is 29.4 Å². The standard InChI is InChI=1S/C21H18FN3O3S/c1-12(26)23-17-8-9-28-19-7-4-14(10-16(17)19)18-11-29-21(24-18)25-20(27)13-2-5-15(22)6-3-13/h2-7,10-11,17H,8-9H2,1H3,(H,23,26)(H,24,25,27). The number of benzene rings is 2. The van der Waals surface area contributed by atoms with Crippen LogP contribution in [0.3, 0.4) is 0 Å². The number of rotatable bonds is 4. The first-order valence-electron chi connectivity index (χ1n) is 9.06. The molecule has 2 aromatic carbocycles. The fourth-order valence-corrected chi connectivity index (χ4v) is 3.90. The topological polar surface area (TPSA) is 80.3 Å². The van der Waals surface area contributed by atoms with Gasteiger partial charge in [-0.15, -0.1) is 11.3 Å². The van der Waals surface area contributed by atoms with Crippen molar-refractivity contribution in [2.45, 2.75) is 19.4 Å². The first kappa shape index (κ1) is 19.1. The summed E-state index contributed by atoms with van der Waals surface area (Å²) in [5, 5.41) is 7.97. The van der Waals surface area contributed by atoms with Gasteiger partial charge in [-0.1, -0.05) is 0 Å². The summed E-state index contributed by atoms with van der Waals surface area (Å²) in [4.78, 5) is 28.3. The van der Waals surface area contributed by atoms with Gasteiger partial charge in [0.25, 0.3) is 5.91 Å². The van der Waals surface area contributed by atoms with Gasteiger partial charge in [-0.2, -0.15) is 0 Å². The SMILES string of the molecule is CC(=O)NC1CCOc2ccc(-c3csc(NC(=O)c4ccc(F)cc4)n3)cc21. The molecular weight excluding hydrogens is 393 g/mol. The number of carbonyl (C=O) groups is 2. The third kappa shape index (κ3) is 4.27. The molecule has 0 saturated heterocycles. The Balaban J connectivity index is 1.54. The average molecular weight is 411 g/mol. The van der Waals surface area contributed by atoms with Crippen molar-refractivity contribution in [1.29, 1.82) is 0 Å². The van der Waals surface area contributed by atoms with Crippen LogP contribution >= 0.6 is 11.3 Å². The lowest BCUT2D eigenvalue weighted by molar-refractivity contribution is -0.119. The Hall–Kier alpha value is -3.26. The van der Waals surface area contributed by atoms with Crippen molar-refractivity contribution in [3.05, 3.63) is 64.8 Å². The Morgan fingerprint density at radius 2 is 2.00 bits per heavy atom. The molecule has 1 aromatic heterocycles. The van der Waals surface area contributed by atoms with Crippen LogP contribution in [0.25, 0.3) is 11.3 Å². The maximum Gasteiger partial charge on any atom is 0.257 e. The molecule has 2 N–H and O–H groups in total. The van der Waals surface area contributed by atoms with Crippen molar-refractivity contribution in [2.24, 2.45) is 0 Å². The average Bonchev–Trinajstić information content (AvgIpc) is 3.16. The number of nitrogens with zero attached hydrogens (tertiary/aromatic N) is 1. The molecule has 0 saturated carbocycles. The minimum atomic E-state index is -0.396. The van der Waals surface area contributed by atoms with Gasteiger partial charge >= 0.3 is 0 Å². The number of halogens is 1. The summed E-state index contributed by atoms with van der Waals surface area (Å²) in [7, 11) is 0. The fraction of sp³-hybridized carbons (Fsp3) is 0.190. The lowest BCUT2D eigenvalue weighted by Crippen LogP contribution is -2.30. The number of carbonyl (C=O) groups excluding carboxylic acids is 2. The maximum absolute atomic E-state index is 13.0. The monoisotopic (exact) mass is 411 g/mol. The van der Waals surface area contributed by atoms with Crippen molar-refractivity contribution >= 4 is 28.3 Å². The number of hydrogen-bond donors (Lipinski definition) is 2. The van der Waals surface area contributed by atoms with Gasteiger partial charge in [-0.3, -0.25) is 14.9 Å². The zero-order valence-electron chi connectivity index (χ0n) is 15.6. The zero-order valence-corrected chi connectivity index (χ0v) is 16.4. The van der Waals surface area contributed by atoms with Gasteiger partial charge in [0.15, 0.2) is 5.13 Å². The maximum atomic E-state index is 13.0. The zero-order chi connectivity index (χ0) is 20.4. The van der Waals surface area contributed by atoms with E-state index in [1.54, 1.807) is 0 Å². The van der Waals surface area contributed by atoms with Crippen LogP contribution in [0.2, 0.25) is 0 Å². The van der Waals surface area contributed by atoms with Gasteiger partial charge in [0.1, 0.15) is 11.6 Å². The molecule has 0 spiro atoms. The van der Waals surface area contributed by atoms with E-state index in [1.165, 1.54) is 42.5 Å². The van der Waals surface area contributed by atoms with E-state index in [2.05, 4.69) is 15.6 Å². The van der Waals surface area contributed by atoms with Crippen molar-refractivity contribution < 1.29 is 18.7 Å². The molecule has 148 valence electrons. The van der Waals surface area contributed by atoms with Crippen LogP contribution in [0.4, 0.5) is 9.52 Å². The lowest BCUT2D eigenvalue weighted by Gasteiger charge is -2.26. The highest BCUT2D eigenvalue weighted by molar-refractivity contribution is 7.14. The minimum Gasteiger partial charge on any atom is -0.493 e. The van der Waals surface area contributed by atoms with Crippen LogP contribution in [0.1, 0.15) is 35.3 Å². The molecule has 1 atom stereocenters. The first-order valence-corrected chi connectivity index (χ1v) is 9.94. The van der Waals surface area contributed by atoms with E-state index in [-0.39, 0.29) is 17.9 Å². The number of nitrogens with one attached hydrogen (secondary N) is 2. The molecule has 0 fully saturated rings. The Bertz CT molecular complexity index is 1070. The third-order valence-corrected chi connectivity index (χ3v) is 5.31. The van der Waals surface area contributed by atoms with Crippen LogP contribution in [0, 0.1) is 5.82 Å². The predicted octanol–water partition coefficient (Wildman–Crippen LogP) is 4.16. The van der Waals surface area contributed by atoms with Crippen LogP contribution in [0.5, 0.6) is 5.75 Å². The number of anilines is 1. The van der Waals surface area contributed by atoms with Crippen LogP contribution in [0.15, 0.2) is 47.8 Å². The molecule has 8 heteroatoms. The summed E-state index contributed by atoms with van der Waals surface area (Å²) in [5.41, 5.74) is 2.84. The molecule has 0 radical (unpaired) electrons. The smallest absolute Gasteiger partial charge is 0.257 e. The number of hydrogen-bond acceptors (Lipinski definition) is 5. The molecule has 1 unspecified atom stereocenters. The van der Waals surface area contributed by atoms with E-state index in [9.17, 15) is 14.0 Å².